The van der Waals surface area contributed by atoms with Gasteiger partial charge in [-0.1, -0.05) is 30.3 Å². The maximum Gasteiger partial charge on any atom is 0.140 e. The number of piperidine rings is 1. The van der Waals surface area contributed by atoms with E-state index in [0.29, 0.717) is 5.78 Å². The molecule has 0 aromatic heterocycles. The quantitative estimate of drug-likeness (QED) is 0.795. The maximum atomic E-state index is 12.1. The zero-order valence-electron chi connectivity index (χ0n) is 10.9. The number of benzene rings is 1. The molecule has 0 bridgehead atoms. The van der Waals surface area contributed by atoms with Crippen molar-refractivity contribution in [2.75, 3.05) is 13.1 Å². The summed E-state index contributed by atoms with van der Waals surface area (Å²) in [5.74, 6) is 0.528. The summed E-state index contributed by atoms with van der Waals surface area (Å²) in [6, 6.07) is 10.6. The van der Waals surface area contributed by atoms with Gasteiger partial charge in [0.15, 0.2) is 0 Å². The van der Waals surface area contributed by atoms with Gasteiger partial charge in [-0.3, -0.25) is 9.69 Å². The molecule has 1 atom stereocenters. The molecule has 2 heteroatoms. The van der Waals surface area contributed by atoms with E-state index in [1.807, 2.05) is 0 Å². The molecule has 2 aliphatic rings. The highest BCUT2D eigenvalue weighted by Gasteiger charge is 2.44. The van der Waals surface area contributed by atoms with Gasteiger partial charge in [0.05, 0.1) is 0 Å². The minimum atomic E-state index is 0.0209. The summed E-state index contributed by atoms with van der Waals surface area (Å²) in [5.41, 5.74) is 1.38. The third kappa shape index (κ3) is 2.22. The highest BCUT2D eigenvalue weighted by Crippen LogP contribution is 2.42. The molecule has 18 heavy (non-hydrogen) atoms. The summed E-state index contributed by atoms with van der Waals surface area (Å²) in [4.78, 5) is 14.6. The van der Waals surface area contributed by atoms with Crippen molar-refractivity contribution in [3.8, 4) is 0 Å². The van der Waals surface area contributed by atoms with Gasteiger partial charge >= 0.3 is 0 Å². The van der Waals surface area contributed by atoms with Crippen molar-refractivity contribution in [1.29, 1.82) is 0 Å². The SMILES string of the molecule is O=C1CCC[C@]12CCCN(Cc1ccccc1)C2. The fourth-order valence-corrected chi connectivity index (χ4v) is 3.63. The van der Waals surface area contributed by atoms with Crippen LogP contribution in [0, 0.1) is 5.41 Å². The van der Waals surface area contributed by atoms with Crippen LogP contribution in [0.2, 0.25) is 0 Å². The van der Waals surface area contributed by atoms with Crippen LogP contribution in [0.25, 0.3) is 0 Å². The van der Waals surface area contributed by atoms with Crippen LogP contribution in [0.4, 0.5) is 0 Å². The van der Waals surface area contributed by atoms with Gasteiger partial charge in [0.1, 0.15) is 5.78 Å². The van der Waals surface area contributed by atoms with E-state index >= 15 is 0 Å². The van der Waals surface area contributed by atoms with Crippen LogP contribution >= 0.6 is 0 Å². The number of hydrogen-bond acceptors (Lipinski definition) is 2. The second kappa shape index (κ2) is 4.85. The Labute approximate surface area is 109 Å². The predicted molar refractivity (Wildman–Crippen MR) is 72.2 cm³/mol. The van der Waals surface area contributed by atoms with Gasteiger partial charge in [0, 0.05) is 24.9 Å². The van der Waals surface area contributed by atoms with E-state index in [1.54, 1.807) is 0 Å². The first-order valence-electron chi connectivity index (χ1n) is 7.08. The Bertz CT molecular complexity index is 428. The Balaban J connectivity index is 1.69. The standard InChI is InChI=1S/C16H21NO/c18-15-8-4-9-16(15)10-5-11-17(13-16)12-14-6-2-1-3-7-14/h1-3,6-7H,4-5,8-13H2/t16-/m1/s1. The highest BCUT2D eigenvalue weighted by atomic mass is 16.1. The van der Waals surface area contributed by atoms with Crippen molar-refractivity contribution in [1.82, 2.24) is 4.90 Å². The molecule has 2 nitrogen and oxygen atoms in total. The lowest BCUT2D eigenvalue weighted by Gasteiger charge is -2.39. The molecule has 1 saturated heterocycles. The molecule has 1 aliphatic carbocycles. The van der Waals surface area contributed by atoms with Gasteiger partial charge in [-0.2, -0.15) is 0 Å². The average Bonchev–Trinajstić information content (AvgIpc) is 2.72. The van der Waals surface area contributed by atoms with Crippen molar-refractivity contribution in [2.24, 2.45) is 5.41 Å². The Morgan fingerprint density at radius 2 is 1.89 bits per heavy atom. The van der Waals surface area contributed by atoms with Crippen LogP contribution in [-0.4, -0.2) is 23.8 Å². The number of carbonyl (C=O) groups is 1. The zero-order valence-corrected chi connectivity index (χ0v) is 10.9. The van der Waals surface area contributed by atoms with Crippen LogP contribution in [-0.2, 0) is 11.3 Å². The monoisotopic (exact) mass is 243 g/mol. The molecule has 1 aromatic rings. The summed E-state index contributed by atoms with van der Waals surface area (Å²) in [6.07, 6.45) is 5.35. The van der Waals surface area contributed by atoms with Gasteiger partial charge in [0.2, 0.25) is 0 Å². The molecule has 0 radical (unpaired) electrons. The van der Waals surface area contributed by atoms with E-state index in [1.165, 1.54) is 12.0 Å². The first kappa shape index (κ1) is 11.9. The first-order valence-corrected chi connectivity index (χ1v) is 7.08. The van der Waals surface area contributed by atoms with Gasteiger partial charge in [-0.05, 0) is 37.8 Å². The van der Waals surface area contributed by atoms with Crippen LogP contribution in [0.3, 0.4) is 0 Å². The number of ketones is 1. The topological polar surface area (TPSA) is 20.3 Å². The van der Waals surface area contributed by atoms with Crippen LogP contribution in [0.1, 0.15) is 37.7 Å². The van der Waals surface area contributed by atoms with E-state index < -0.39 is 0 Å². The van der Waals surface area contributed by atoms with Gasteiger partial charge in [0.25, 0.3) is 0 Å². The molecule has 0 unspecified atom stereocenters. The molecule has 96 valence electrons. The highest BCUT2D eigenvalue weighted by molar-refractivity contribution is 5.87. The number of Topliss-reactive ketones (excluding diaryl/α,β-unsaturated/α-hetero) is 1. The Morgan fingerprint density at radius 1 is 1.11 bits per heavy atom. The van der Waals surface area contributed by atoms with E-state index in [9.17, 15) is 4.79 Å². The lowest BCUT2D eigenvalue weighted by Crippen LogP contribution is -2.45. The second-order valence-corrected chi connectivity index (χ2v) is 5.86. The van der Waals surface area contributed by atoms with Crippen molar-refractivity contribution in [2.45, 2.75) is 38.6 Å². The van der Waals surface area contributed by atoms with Crippen molar-refractivity contribution < 1.29 is 4.79 Å². The summed E-state index contributed by atoms with van der Waals surface area (Å²) >= 11 is 0. The lowest BCUT2D eigenvalue weighted by atomic mass is 9.77. The summed E-state index contributed by atoms with van der Waals surface area (Å²) in [7, 11) is 0. The average molecular weight is 243 g/mol. The minimum Gasteiger partial charge on any atom is -0.299 e. The maximum absolute atomic E-state index is 12.1. The molecule has 0 N–H and O–H groups in total. The van der Waals surface area contributed by atoms with Crippen LogP contribution < -0.4 is 0 Å². The van der Waals surface area contributed by atoms with E-state index in [0.717, 1.165) is 45.3 Å². The van der Waals surface area contributed by atoms with E-state index in [4.69, 9.17) is 0 Å². The Kier molecular flexibility index (Phi) is 3.21. The van der Waals surface area contributed by atoms with Gasteiger partial charge in [-0.25, -0.2) is 0 Å². The fraction of sp³-hybridized carbons (Fsp3) is 0.562. The first-order chi connectivity index (χ1) is 8.78. The predicted octanol–water partition coefficient (Wildman–Crippen LogP) is 3.02. The third-order valence-corrected chi connectivity index (χ3v) is 4.56. The minimum absolute atomic E-state index is 0.0209. The fourth-order valence-electron chi connectivity index (χ4n) is 3.63. The molecule has 1 spiro atoms. The van der Waals surface area contributed by atoms with Crippen LogP contribution in [0.5, 0.6) is 0 Å². The van der Waals surface area contributed by atoms with E-state index in [-0.39, 0.29) is 5.41 Å². The number of likely N-dealkylation sites (tertiary alicyclic amines) is 1. The number of carbonyl (C=O) groups excluding carboxylic acids is 1. The smallest absolute Gasteiger partial charge is 0.140 e. The molecule has 1 aliphatic heterocycles. The van der Waals surface area contributed by atoms with Crippen molar-refractivity contribution in [3.63, 3.8) is 0 Å². The molecular formula is C16H21NO. The molecule has 1 heterocycles. The molecule has 1 saturated carbocycles. The summed E-state index contributed by atoms with van der Waals surface area (Å²) < 4.78 is 0. The van der Waals surface area contributed by atoms with Crippen molar-refractivity contribution >= 4 is 5.78 Å². The molecular weight excluding hydrogens is 222 g/mol. The number of nitrogens with zero attached hydrogens (tertiary/aromatic N) is 1. The zero-order chi connectivity index (χ0) is 12.4. The van der Waals surface area contributed by atoms with Crippen LogP contribution in [0.15, 0.2) is 30.3 Å². The molecule has 0 amide bonds. The van der Waals surface area contributed by atoms with E-state index in [2.05, 4.69) is 35.2 Å². The molecule has 3 rings (SSSR count). The summed E-state index contributed by atoms with van der Waals surface area (Å²) in [5, 5.41) is 0. The molecule has 2 fully saturated rings. The second-order valence-electron chi connectivity index (χ2n) is 5.86. The Hall–Kier alpha value is -1.15. The molecule has 1 aromatic carbocycles. The largest absolute Gasteiger partial charge is 0.299 e. The third-order valence-electron chi connectivity index (χ3n) is 4.56. The van der Waals surface area contributed by atoms with Gasteiger partial charge < -0.3 is 0 Å². The summed E-state index contributed by atoms with van der Waals surface area (Å²) in [6.45, 7) is 3.13. The number of hydrogen-bond donors (Lipinski definition) is 0. The van der Waals surface area contributed by atoms with Gasteiger partial charge in [-0.15, -0.1) is 0 Å². The number of rotatable bonds is 2. The lowest BCUT2D eigenvalue weighted by molar-refractivity contribution is -0.128. The normalized spacial score (nSPS) is 29.0. The van der Waals surface area contributed by atoms with Crippen molar-refractivity contribution in [3.05, 3.63) is 35.9 Å². The Morgan fingerprint density at radius 3 is 2.61 bits per heavy atom.